The van der Waals surface area contributed by atoms with Crippen molar-refractivity contribution in [1.82, 2.24) is 0 Å². The number of Topliss-reactive ketones (excluding diaryl/α,β-unsaturated/α-hetero) is 1. The summed E-state index contributed by atoms with van der Waals surface area (Å²) in [6.45, 7) is 5.52. The maximum absolute atomic E-state index is 11.5. The van der Waals surface area contributed by atoms with Crippen LogP contribution in [0.1, 0.15) is 52.7 Å². The number of aryl methyl sites for hydroxylation is 3. The van der Waals surface area contributed by atoms with Gasteiger partial charge in [-0.3, -0.25) is 9.35 Å². The minimum absolute atomic E-state index is 0. The number of carbonyl (C=O) groups excluding carboxylic acids is 1. The molecule has 34 heavy (non-hydrogen) atoms. The second-order valence-corrected chi connectivity index (χ2v) is 8.75. The molecular formula is C23H34ClF3N2O4S. The Morgan fingerprint density at radius 1 is 0.853 bits per heavy atom. The van der Waals surface area contributed by atoms with Crippen LogP contribution in [0.15, 0.2) is 48.5 Å². The molecule has 0 unspecified atom stereocenters. The fourth-order valence-electron chi connectivity index (χ4n) is 2.37. The van der Waals surface area contributed by atoms with E-state index in [9.17, 15) is 18.0 Å². The van der Waals surface area contributed by atoms with E-state index in [1.54, 1.807) is 0 Å². The van der Waals surface area contributed by atoms with Crippen LogP contribution in [0.2, 0.25) is 0 Å². The molecule has 5 N–H and O–H groups in total. The summed E-state index contributed by atoms with van der Waals surface area (Å²) in [6.07, 6.45) is 4.83. The number of carbonyl (C=O) groups is 1. The molecule has 0 aliphatic rings. The molecule has 2 rings (SSSR count). The highest BCUT2D eigenvalue weighted by atomic mass is 35.5. The van der Waals surface area contributed by atoms with E-state index in [1.165, 1.54) is 23.1 Å². The molecule has 194 valence electrons. The van der Waals surface area contributed by atoms with Crippen LogP contribution in [0.4, 0.5) is 13.2 Å². The fraction of sp³-hybridized carbons (Fsp3) is 0.435. The molecule has 0 radical (unpaired) electrons. The van der Waals surface area contributed by atoms with Crippen LogP contribution in [0, 0.1) is 13.8 Å². The minimum Gasteiger partial charge on any atom is -0.330 e. The largest absolute Gasteiger partial charge is 0.522 e. The van der Waals surface area contributed by atoms with Crippen LogP contribution >= 0.6 is 12.4 Å². The lowest BCUT2D eigenvalue weighted by atomic mass is 10.1. The van der Waals surface area contributed by atoms with Gasteiger partial charge in [0, 0.05) is 12.0 Å². The number of ketones is 1. The van der Waals surface area contributed by atoms with Crippen LogP contribution in [0.5, 0.6) is 0 Å². The summed E-state index contributed by atoms with van der Waals surface area (Å²) >= 11 is 0. The van der Waals surface area contributed by atoms with E-state index >= 15 is 0 Å². The highest BCUT2D eigenvalue weighted by Crippen LogP contribution is 2.20. The monoisotopic (exact) mass is 526 g/mol. The second-order valence-electron chi connectivity index (χ2n) is 7.33. The number of unbranched alkanes of at least 4 members (excludes halogenated alkanes) is 1. The molecule has 2 aromatic carbocycles. The van der Waals surface area contributed by atoms with Gasteiger partial charge in [0.15, 0.2) is 5.78 Å². The number of hydrogen-bond acceptors (Lipinski definition) is 5. The first kappa shape index (κ1) is 34.2. The predicted molar refractivity (Wildman–Crippen MR) is 132 cm³/mol. The Labute approximate surface area is 206 Å². The van der Waals surface area contributed by atoms with E-state index in [0.717, 1.165) is 31.4 Å². The van der Waals surface area contributed by atoms with Crippen LogP contribution in [-0.2, 0) is 16.5 Å². The molecule has 0 spiro atoms. The van der Waals surface area contributed by atoms with Gasteiger partial charge in [-0.25, -0.2) is 0 Å². The van der Waals surface area contributed by atoms with Crippen molar-refractivity contribution in [2.75, 3.05) is 13.1 Å². The Hall–Kier alpha value is -1.98. The van der Waals surface area contributed by atoms with Gasteiger partial charge in [0.2, 0.25) is 0 Å². The number of benzene rings is 2. The van der Waals surface area contributed by atoms with Gasteiger partial charge in [-0.05, 0) is 58.2 Å². The first-order valence-corrected chi connectivity index (χ1v) is 11.8. The molecule has 2 aromatic rings. The van der Waals surface area contributed by atoms with E-state index in [0.29, 0.717) is 13.0 Å². The molecule has 0 aliphatic carbocycles. The molecule has 6 nitrogen and oxygen atoms in total. The number of alkyl halides is 3. The average molecular weight is 527 g/mol. The minimum atomic E-state index is -5.84. The number of nitrogens with two attached hydrogens (primary N) is 2. The smallest absolute Gasteiger partial charge is 0.330 e. The first-order chi connectivity index (χ1) is 15.3. The Kier molecular flexibility index (Phi) is 17.6. The van der Waals surface area contributed by atoms with Crippen LogP contribution in [0.3, 0.4) is 0 Å². The van der Waals surface area contributed by atoms with Gasteiger partial charge in [0.25, 0.3) is 0 Å². The van der Waals surface area contributed by atoms with Gasteiger partial charge < -0.3 is 11.5 Å². The van der Waals surface area contributed by atoms with E-state index in [1.807, 2.05) is 31.2 Å². The van der Waals surface area contributed by atoms with Crippen molar-refractivity contribution in [3.8, 4) is 0 Å². The zero-order chi connectivity index (χ0) is 25.5. The van der Waals surface area contributed by atoms with Crippen molar-refractivity contribution in [3.63, 3.8) is 0 Å². The highest BCUT2D eigenvalue weighted by molar-refractivity contribution is 7.86. The Morgan fingerprint density at radius 2 is 1.26 bits per heavy atom. The third-order valence-electron chi connectivity index (χ3n) is 4.31. The second kappa shape index (κ2) is 17.5. The third kappa shape index (κ3) is 15.8. The topological polar surface area (TPSA) is 123 Å². The summed E-state index contributed by atoms with van der Waals surface area (Å²) in [5.74, 6) is 0.186. The number of halogens is 4. The van der Waals surface area contributed by atoms with E-state index < -0.39 is 15.6 Å². The van der Waals surface area contributed by atoms with Crippen LogP contribution < -0.4 is 11.5 Å². The van der Waals surface area contributed by atoms with Crippen molar-refractivity contribution in [1.29, 1.82) is 0 Å². The van der Waals surface area contributed by atoms with Crippen molar-refractivity contribution >= 4 is 28.3 Å². The highest BCUT2D eigenvalue weighted by Gasteiger charge is 2.44. The molecule has 0 saturated carbocycles. The fourth-order valence-corrected chi connectivity index (χ4v) is 2.37. The third-order valence-corrected chi connectivity index (χ3v) is 4.90. The molecule has 0 aromatic heterocycles. The van der Waals surface area contributed by atoms with Crippen LogP contribution in [-0.4, -0.2) is 37.4 Å². The molecule has 0 bridgehead atoms. The molecule has 0 aliphatic heterocycles. The average Bonchev–Trinajstić information content (AvgIpc) is 2.73. The summed E-state index contributed by atoms with van der Waals surface area (Å²) < 4.78 is 57.5. The summed E-state index contributed by atoms with van der Waals surface area (Å²) in [7, 11) is -5.84. The Bertz CT molecular complexity index is 921. The standard InChI is InChI=1S/C11H15NO.C11H17N.CHF3O3S.ClH/c1-9-4-6-10(7-5-9)11(13)3-2-8-12;1-10-5-7-11(8-6-10)4-2-3-9-12;2-1(3,4)8(5,6)7;/h4-7H,2-3,8,12H2,1H3;5-8H,2-4,9,12H2,1H3;(H,5,6,7);1H. The summed E-state index contributed by atoms with van der Waals surface area (Å²) in [5, 5.41) is 0. The van der Waals surface area contributed by atoms with Crippen molar-refractivity contribution in [3.05, 3.63) is 70.8 Å². The van der Waals surface area contributed by atoms with Gasteiger partial charge in [0.05, 0.1) is 0 Å². The lowest BCUT2D eigenvalue weighted by Gasteiger charge is -2.00. The molecule has 0 saturated heterocycles. The molecule has 0 heterocycles. The quantitative estimate of drug-likeness (QED) is 0.192. The van der Waals surface area contributed by atoms with E-state index in [2.05, 4.69) is 31.2 Å². The molecular weight excluding hydrogens is 493 g/mol. The van der Waals surface area contributed by atoms with Gasteiger partial charge in [0.1, 0.15) is 0 Å². The molecule has 0 fully saturated rings. The van der Waals surface area contributed by atoms with Crippen molar-refractivity contribution < 1.29 is 30.9 Å². The summed E-state index contributed by atoms with van der Waals surface area (Å²) in [6, 6.07) is 16.4. The van der Waals surface area contributed by atoms with Crippen molar-refractivity contribution in [2.45, 2.75) is 51.5 Å². The van der Waals surface area contributed by atoms with E-state index in [-0.39, 0.29) is 18.2 Å². The first-order valence-electron chi connectivity index (χ1n) is 10.4. The maximum Gasteiger partial charge on any atom is 0.522 e. The van der Waals surface area contributed by atoms with Gasteiger partial charge in [-0.1, -0.05) is 59.7 Å². The molecule has 0 amide bonds. The Morgan fingerprint density at radius 3 is 1.65 bits per heavy atom. The van der Waals surface area contributed by atoms with E-state index in [4.69, 9.17) is 24.4 Å². The summed E-state index contributed by atoms with van der Waals surface area (Å²) in [5.41, 5.74) is 9.93. The van der Waals surface area contributed by atoms with Gasteiger partial charge in [-0.15, -0.1) is 12.4 Å². The SMILES string of the molecule is Cc1ccc(C(=O)CCCN)cc1.Cc1ccc(CCCCN)cc1.Cl.O=S(=O)(O)C(F)(F)F. The lowest BCUT2D eigenvalue weighted by molar-refractivity contribution is -0.0510. The maximum atomic E-state index is 11.5. The number of rotatable bonds is 8. The lowest BCUT2D eigenvalue weighted by Crippen LogP contribution is -2.21. The summed E-state index contributed by atoms with van der Waals surface area (Å²) in [4.78, 5) is 11.5. The zero-order valence-electron chi connectivity index (χ0n) is 19.3. The normalized spacial score (nSPS) is 10.7. The van der Waals surface area contributed by atoms with Gasteiger partial charge in [-0.2, -0.15) is 21.6 Å². The molecule has 11 heteroatoms. The number of hydrogen-bond donors (Lipinski definition) is 3. The van der Waals surface area contributed by atoms with Gasteiger partial charge >= 0.3 is 15.6 Å². The predicted octanol–water partition coefficient (Wildman–Crippen LogP) is 5.01. The zero-order valence-corrected chi connectivity index (χ0v) is 21.0. The van der Waals surface area contributed by atoms with Crippen LogP contribution in [0.25, 0.3) is 0 Å². The Balaban J connectivity index is 0. The van der Waals surface area contributed by atoms with Crippen molar-refractivity contribution in [2.24, 2.45) is 11.5 Å². The molecule has 0 atom stereocenters.